The molecule has 0 radical (unpaired) electrons. The molecule has 20 heavy (non-hydrogen) atoms. The van der Waals surface area contributed by atoms with Crippen molar-refractivity contribution in [3.05, 3.63) is 22.2 Å². The monoisotopic (exact) mass is 342 g/mol. The lowest BCUT2D eigenvalue weighted by atomic mass is 9.98. The molecule has 1 fully saturated rings. The molecule has 0 amide bonds. The highest BCUT2D eigenvalue weighted by atomic mass is 79.9. The number of halogens is 1. The molecule has 0 aliphatic carbocycles. The number of phenols is 1. The lowest BCUT2D eigenvalue weighted by Crippen LogP contribution is -2.45. The zero-order chi connectivity index (χ0) is 14.5. The Hall–Kier alpha value is -0.780. The molecular formula is C15H23BrN2O2. The Bertz CT molecular complexity index is 448. The predicted octanol–water partition coefficient (Wildman–Crippen LogP) is 2.91. The number of methoxy groups -OCH3 is 1. The molecule has 112 valence electrons. The molecular weight excluding hydrogens is 320 g/mol. The van der Waals surface area contributed by atoms with Crippen LogP contribution in [0.4, 0.5) is 0 Å². The van der Waals surface area contributed by atoms with E-state index in [4.69, 9.17) is 4.74 Å². The van der Waals surface area contributed by atoms with Crippen LogP contribution in [0, 0.1) is 0 Å². The fraction of sp³-hybridized carbons (Fsp3) is 0.600. The third kappa shape index (κ3) is 3.45. The summed E-state index contributed by atoms with van der Waals surface area (Å²) in [6.07, 6.45) is 2.12. The van der Waals surface area contributed by atoms with E-state index >= 15 is 0 Å². The summed E-state index contributed by atoms with van der Waals surface area (Å²) >= 11 is 3.42. The Labute approximate surface area is 129 Å². The van der Waals surface area contributed by atoms with E-state index in [2.05, 4.69) is 33.1 Å². The van der Waals surface area contributed by atoms with Crippen molar-refractivity contribution in [3.63, 3.8) is 0 Å². The molecule has 1 aliphatic rings. The van der Waals surface area contributed by atoms with Gasteiger partial charge in [-0.1, -0.05) is 13.3 Å². The second-order valence-corrected chi connectivity index (χ2v) is 5.99. The van der Waals surface area contributed by atoms with E-state index in [0.717, 1.165) is 50.3 Å². The maximum absolute atomic E-state index is 10.4. The van der Waals surface area contributed by atoms with E-state index < -0.39 is 0 Å². The van der Waals surface area contributed by atoms with Crippen molar-refractivity contribution in [2.24, 2.45) is 0 Å². The van der Waals surface area contributed by atoms with Crippen LogP contribution in [0.2, 0.25) is 0 Å². The minimum atomic E-state index is 0.244. The standard InChI is InChI=1S/C15H23BrN2O2/c1-3-4-14(18-7-5-17-6-8-18)12-9-11(20-2)10-13(16)15(12)19/h9-10,14,17,19H,3-8H2,1-2H3/t14-/m0/s1. The molecule has 1 aliphatic heterocycles. The maximum Gasteiger partial charge on any atom is 0.134 e. The van der Waals surface area contributed by atoms with Crippen LogP contribution in [0.3, 0.4) is 0 Å². The van der Waals surface area contributed by atoms with Crippen LogP contribution in [0.5, 0.6) is 11.5 Å². The first-order valence-electron chi connectivity index (χ1n) is 7.18. The average Bonchev–Trinajstić information content (AvgIpc) is 2.48. The van der Waals surface area contributed by atoms with Crippen molar-refractivity contribution in [1.29, 1.82) is 0 Å². The number of nitrogens with zero attached hydrogens (tertiary/aromatic N) is 1. The number of rotatable bonds is 5. The fourth-order valence-electron chi connectivity index (χ4n) is 2.77. The first kappa shape index (κ1) is 15.6. The Morgan fingerprint density at radius 2 is 2.10 bits per heavy atom. The van der Waals surface area contributed by atoms with Crippen molar-refractivity contribution in [3.8, 4) is 11.5 Å². The number of piperazine rings is 1. The van der Waals surface area contributed by atoms with Gasteiger partial charge < -0.3 is 15.2 Å². The minimum absolute atomic E-state index is 0.244. The van der Waals surface area contributed by atoms with E-state index in [1.54, 1.807) is 13.2 Å². The number of aromatic hydroxyl groups is 1. The molecule has 0 unspecified atom stereocenters. The van der Waals surface area contributed by atoms with Gasteiger partial charge in [-0.25, -0.2) is 0 Å². The number of benzene rings is 1. The van der Waals surface area contributed by atoms with E-state index in [9.17, 15) is 5.11 Å². The first-order valence-corrected chi connectivity index (χ1v) is 7.97. The Kier molecular flexibility index (Phi) is 5.69. The number of hydrogen-bond acceptors (Lipinski definition) is 4. The minimum Gasteiger partial charge on any atom is -0.506 e. The molecule has 4 nitrogen and oxygen atoms in total. The van der Waals surface area contributed by atoms with Gasteiger partial charge in [0, 0.05) is 37.8 Å². The molecule has 1 atom stereocenters. The topological polar surface area (TPSA) is 44.7 Å². The zero-order valence-corrected chi connectivity index (χ0v) is 13.7. The molecule has 0 spiro atoms. The molecule has 0 saturated carbocycles. The van der Waals surface area contributed by atoms with Gasteiger partial charge >= 0.3 is 0 Å². The highest BCUT2D eigenvalue weighted by molar-refractivity contribution is 9.10. The number of hydrogen-bond donors (Lipinski definition) is 2. The molecule has 5 heteroatoms. The SMILES string of the molecule is CCC[C@@H](c1cc(OC)cc(Br)c1O)N1CCNCC1. The zero-order valence-electron chi connectivity index (χ0n) is 12.2. The second kappa shape index (κ2) is 7.29. The summed E-state index contributed by atoms with van der Waals surface area (Å²) < 4.78 is 6.03. The average molecular weight is 343 g/mol. The van der Waals surface area contributed by atoms with Gasteiger partial charge in [-0.15, -0.1) is 0 Å². The van der Waals surface area contributed by atoms with Crippen LogP contribution >= 0.6 is 15.9 Å². The fourth-order valence-corrected chi connectivity index (χ4v) is 3.22. The lowest BCUT2D eigenvalue weighted by molar-refractivity contribution is 0.162. The molecule has 1 heterocycles. The Morgan fingerprint density at radius 3 is 2.70 bits per heavy atom. The highest BCUT2D eigenvalue weighted by Gasteiger charge is 2.25. The quantitative estimate of drug-likeness (QED) is 0.863. The van der Waals surface area contributed by atoms with Gasteiger partial charge in [-0.2, -0.15) is 0 Å². The third-order valence-electron chi connectivity index (χ3n) is 3.82. The van der Waals surface area contributed by atoms with Crippen LogP contribution in [-0.4, -0.2) is 43.3 Å². The van der Waals surface area contributed by atoms with Crippen LogP contribution in [0.1, 0.15) is 31.4 Å². The maximum atomic E-state index is 10.4. The normalized spacial score (nSPS) is 17.9. The smallest absolute Gasteiger partial charge is 0.134 e. The molecule has 0 bridgehead atoms. The largest absolute Gasteiger partial charge is 0.506 e. The summed E-state index contributed by atoms with van der Waals surface area (Å²) in [7, 11) is 1.66. The first-order chi connectivity index (χ1) is 9.67. The number of phenolic OH excluding ortho intramolecular Hbond substituents is 1. The van der Waals surface area contributed by atoms with Gasteiger partial charge in [-0.05, 0) is 34.5 Å². The summed E-state index contributed by atoms with van der Waals surface area (Å²) in [5, 5.41) is 13.8. The van der Waals surface area contributed by atoms with Crippen LogP contribution in [-0.2, 0) is 0 Å². The molecule has 1 aromatic rings. The van der Waals surface area contributed by atoms with Crippen molar-refractivity contribution >= 4 is 15.9 Å². The van der Waals surface area contributed by atoms with E-state index in [-0.39, 0.29) is 6.04 Å². The molecule has 2 rings (SSSR count). The van der Waals surface area contributed by atoms with Crippen molar-refractivity contribution in [1.82, 2.24) is 10.2 Å². The van der Waals surface area contributed by atoms with Crippen molar-refractivity contribution in [2.45, 2.75) is 25.8 Å². The molecule has 0 aromatic heterocycles. The second-order valence-electron chi connectivity index (χ2n) is 5.14. The summed E-state index contributed by atoms with van der Waals surface area (Å²) in [5.41, 5.74) is 0.958. The lowest BCUT2D eigenvalue weighted by Gasteiger charge is -2.35. The van der Waals surface area contributed by atoms with Gasteiger partial charge in [0.1, 0.15) is 11.5 Å². The Morgan fingerprint density at radius 1 is 1.40 bits per heavy atom. The third-order valence-corrected chi connectivity index (χ3v) is 4.42. The van der Waals surface area contributed by atoms with Crippen LogP contribution in [0.25, 0.3) is 0 Å². The summed E-state index contributed by atoms with van der Waals surface area (Å²) in [4.78, 5) is 2.45. The molecule has 2 N–H and O–H groups in total. The summed E-state index contributed by atoms with van der Waals surface area (Å²) in [5.74, 6) is 1.11. The summed E-state index contributed by atoms with van der Waals surface area (Å²) in [6, 6.07) is 4.01. The van der Waals surface area contributed by atoms with Crippen LogP contribution in [0.15, 0.2) is 16.6 Å². The number of nitrogens with one attached hydrogen (secondary N) is 1. The van der Waals surface area contributed by atoms with Gasteiger partial charge in [0.25, 0.3) is 0 Å². The summed E-state index contributed by atoms with van der Waals surface area (Å²) in [6.45, 7) is 6.22. The van der Waals surface area contributed by atoms with E-state index in [1.165, 1.54) is 0 Å². The highest BCUT2D eigenvalue weighted by Crippen LogP contribution is 2.39. The van der Waals surface area contributed by atoms with Gasteiger partial charge in [0.2, 0.25) is 0 Å². The van der Waals surface area contributed by atoms with Crippen molar-refractivity contribution in [2.75, 3.05) is 33.3 Å². The van der Waals surface area contributed by atoms with E-state index in [1.807, 2.05) is 6.07 Å². The number of ether oxygens (including phenoxy) is 1. The van der Waals surface area contributed by atoms with Crippen LogP contribution < -0.4 is 10.1 Å². The predicted molar refractivity (Wildman–Crippen MR) is 84.5 cm³/mol. The van der Waals surface area contributed by atoms with Gasteiger partial charge in [0.05, 0.1) is 11.6 Å². The Balaban J connectivity index is 2.34. The van der Waals surface area contributed by atoms with Gasteiger partial charge in [-0.3, -0.25) is 4.90 Å². The van der Waals surface area contributed by atoms with Crippen molar-refractivity contribution < 1.29 is 9.84 Å². The molecule has 1 aromatic carbocycles. The molecule has 1 saturated heterocycles. The van der Waals surface area contributed by atoms with E-state index in [0.29, 0.717) is 10.2 Å². The van der Waals surface area contributed by atoms with Gasteiger partial charge in [0.15, 0.2) is 0 Å².